The van der Waals surface area contributed by atoms with Crippen LogP contribution in [0.25, 0.3) is 0 Å². The van der Waals surface area contributed by atoms with Gasteiger partial charge in [-0.25, -0.2) is 13.2 Å². The summed E-state index contributed by atoms with van der Waals surface area (Å²) in [6, 6.07) is 13.2. The van der Waals surface area contributed by atoms with Crippen molar-refractivity contribution in [3.8, 4) is 28.7 Å². The van der Waals surface area contributed by atoms with E-state index < -0.39 is 114 Å². The summed E-state index contributed by atoms with van der Waals surface area (Å²) in [5.41, 5.74) is -7.04. The van der Waals surface area contributed by atoms with Crippen LogP contribution in [0.2, 0.25) is 15.1 Å². The van der Waals surface area contributed by atoms with Crippen LogP contribution in [0.1, 0.15) is 180 Å². The van der Waals surface area contributed by atoms with Crippen molar-refractivity contribution in [3.05, 3.63) is 289 Å². The molecule has 0 spiro atoms. The molecule has 718 valence electrons. The van der Waals surface area contributed by atoms with Gasteiger partial charge in [0, 0.05) is 73.9 Å². The lowest BCUT2D eigenvalue weighted by atomic mass is 9.72. The van der Waals surface area contributed by atoms with Gasteiger partial charge in [-0.3, -0.25) is 62.3 Å². The number of halogens is 8. The Morgan fingerprint density at radius 2 is 0.662 bits per heavy atom. The molecule has 10 atom stereocenters. The number of nitrogens with one attached hydrogen (secondary N) is 3. The maximum absolute atomic E-state index is 14.1. The SMILES string of the molecule is COc1c2n(cc(Br)c1=O)C[C@@H]1OCC=CC[C@@]1(C)C2=O.COc1c2n(cc(Br)c1=O)C[C@@H]1OCC=CC[C@]1(C)C2=O.COc1c2n(cc(C(=O)NCc3cccc(Cl)c3F)c1=O)C[C@@H]1OCC=CC[C@]1(C)C2=O.C[C@]12CC=CCO[C@H]1Cn1cc(C(=O)NCc3cccc(Cl)c3F)c(=O)c(O)c1C2=O.C[C@]12CCCCO[C@H]1Cn1cc(C(=O)NCc3cccc(Cl)c3F)c(=O)c(O)c1C2=O. The summed E-state index contributed by atoms with van der Waals surface area (Å²) in [5.74, 6) is -7.08. The number of ketones is 5. The molecule has 0 saturated carbocycles. The van der Waals surface area contributed by atoms with Gasteiger partial charge in [0.15, 0.2) is 57.7 Å². The highest BCUT2D eigenvalue weighted by Crippen LogP contribution is 2.48. The molecule has 8 aromatic rings. The van der Waals surface area contributed by atoms with Crippen LogP contribution in [0.3, 0.4) is 0 Å². The van der Waals surface area contributed by atoms with E-state index in [1.807, 2.05) is 69.4 Å². The Bertz CT molecular complexity index is 6490. The number of benzene rings is 3. The smallest absolute Gasteiger partial charge is 0.257 e. The van der Waals surface area contributed by atoms with Crippen molar-refractivity contribution in [1.82, 2.24) is 38.8 Å². The minimum Gasteiger partial charge on any atom is -0.503 e. The predicted molar refractivity (Wildman–Crippen MR) is 499 cm³/mol. The molecule has 0 unspecified atom stereocenters. The number of nitrogens with zero attached hydrogens (tertiary/aromatic N) is 5. The topological polar surface area (TPSA) is 397 Å². The number of aromatic nitrogens is 5. The number of allylic oxidation sites excluding steroid dienone is 4. The molecule has 15 heterocycles. The zero-order valence-corrected chi connectivity index (χ0v) is 80.4. The molecule has 18 rings (SSSR count). The predicted octanol–water partition coefficient (Wildman–Crippen LogP) is 13.3. The lowest BCUT2D eigenvalue weighted by Crippen LogP contribution is -2.49. The average Bonchev–Trinajstić information content (AvgIpc) is 1.07. The van der Waals surface area contributed by atoms with E-state index in [2.05, 4.69) is 47.8 Å². The summed E-state index contributed by atoms with van der Waals surface area (Å²) < 4.78 is 95.7. The highest BCUT2D eigenvalue weighted by molar-refractivity contribution is 9.10. The molecular weight excluding hydrogens is 1970 g/mol. The minimum absolute atomic E-state index is 0.0632. The minimum atomic E-state index is -0.962. The molecule has 1 saturated heterocycles. The number of carbonyl (C=O) groups excluding carboxylic acids is 8. The van der Waals surface area contributed by atoms with E-state index in [1.54, 1.807) is 47.5 Å². The number of Topliss-reactive ketones (excluding diaryl/α,β-unsaturated/α-hetero) is 5. The number of ether oxygens (including phenoxy) is 8. The summed E-state index contributed by atoms with van der Waals surface area (Å²) in [7, 11) is 4.11. The third kappa shape index (κ3) is 19.0. The third-order valence-corrected chi connectivity index (χ3v) is 28.8. The van der Waals surface area contributed by atoms with E-state index in [4.69, 9.17) is 72.7 Å². The van der Waals surface area contributed by atoms with Crippen LogP contribution >= 0.6 is 66.7 Å². The fourth-order valence-corrected chi connectivity index (χ4v) is 19.8. The highest BCUT2D eigenvalue weighted by Gasteiger charge is 2.55. The normalized spacial score (nSPS) is 24.1. The Morgan fingerprint density at radius 3 is 0.978 bits per heavy atom. The first-order valence-electron chi connectivity index (χ1n) is 43.5. The lowest BCUT2D eigenvalue weighted by Gasteiger charge is -2.40. The number of hydrogen-bond acceptors (Lipinski definition) is 23. The molecule has 1 fully saturated rings. The lowest BCUT2D eigenvalue weighted by molar-refractivity contribution is -0.0285. The van der Waals surface area contributed by atoms with Gasteiger partial charge in [0.05, 0.1) is 162 Å². The maximum atomic E-state index is 14.1. The Balaban J connectivity index is 0.000000137. The van der Waals surface area contributed by atoms with Gasteiger partial charge < -0.3 is 86.9 Å². The average molecular weight is 2070 g/mol. The Kier molecular flexibility index (Phi) is 30.3. The molecule has 3 aromatic carbocycles. The van der Waals surface area contributed by atoms with Crippen LogP contribution in [0.5, 0.6) is 28.7 Å². The zero-order chi connectivity index (χ0) is 98.1. The van der Waals surface area contributed by atoms with Crippen molar-refractivity contribution in [1.29, 1.82) is 0 Å². The van der Waals surface area contributed by atoms with Gasteiger partial charge in [-0.05, 0) is 123 Å². The molecule has 39 heteroatoms. The highest BCUT2D eigenvalue weighted by atomic mass is 79.9. The second-order valence-corrected chi connectivity index (χ2v) is 38.2. The van der Waals surface area contributed by atoms with Gasteiger partial charge in [-0.1, -0.05) is 126 Å². The van der Waals surface area contributed by atoms with Crippen molar-refractivity contribution in [3.63, 3.8) is 0 Å². The van der Waals surface area contributed by atoms with Gasteiger partial charge >= 0.3 is 0 Å². The van der Waals surface area contributed by atoms with Gasteiger partial charge in [0.2, 0.25) is 27.1 Å². The number of amides is 3. The number of pyridine rings is 5. The summed E-state index contributed by atoms with van der Waals surface area (Å²) in [5, 5.41) is 28.3. The van der Waals surface area contributed by atoms with Crippen molar-refractivity contribution in [2.24, 2.45) is 27.1 Å². The number of fused-ring (bicyclic) bond motifs is 10. The Morgan fingerprint density at radius 1 is 0.390 bits per heavy atom. The molecule has 10 aliphatic rings. The number of methoxy groups -OCH3 is 3. The van der Waals surface area contributed by atoms with Crippen LogP contribution in [0, 0.1) is 44.5 Å². The molecule has 31 nitrogen and oxygen atoms in total. The van der Waals surface area contributed by atoms with E-state index in [0.29, 0.717) is 98.6 Å². The van der Waals surface area contributed by atoms with Crippen LogP contribution in [-0.4, -0.2) is 165 Å². The number of rotatable bonds is 12. The number of hydrogen-bond donors (Lipinski definition) is 5. The van der Waals surface area contributed by atoms with Gasteiger partial charge in [-0.2, -0.15) is 0 Å². The van der Waals surface area contributed by atoms with Gasteiger partial charge in [-0.15, -0.1) is 0 Å². The molecule has 0 radical (unpaired) electrons. The second-order valence-electron chi connectivity index (χ2n) is 35.3. The van der Waals surface area contributed by atoms with Crippen LogP contribution in [-0.2, 0) is 76.0 Å². The number of carbonyl (C=O) groups is 8. The van der Waals surface area contributed by atoms with E-state index in [9.17, 15) is 85.7 Å². The summed E-state index contributed by atoms with van der Waals surface area (Å²) in [4.78, 5) is 167. The third-order valence-electron chi connectivity index (χ3n) is 26.8. The van der Waals surface area contributed by atoms with E-state index >= 15 is 0 Å². The molecule has 136 heavy (non-hydrogen) atoms. The fourth-order valence-electron chi connectivity index (χ4n) is 18.4. The quantitative estimate of drug-likeness (QED) is 0.0709. The first-order chi connectivity index (χ1) is 64.7. The fraction of sp³-hybridized carbons (Fsp3) is 0.392. The monoisotopic (exact) mass is 2060 g/mol. The summed E-state index contributed by atoms with van der Waals surface area (Å²) in [6.45, 7) is 12.5. The van der Waals surface area contributed by atoms with Crippen molar-refractivity contribution in [2.45, 2.75) is 162 Å². The van der Waals surface area contributed by atoms with Crippen LogP contribution in [0.15, 0.2) is 167 Å². The van der Waals surface area contributed by atoms with Crippen molar-refractivity contribution >= 4 is 113 Å². The number of aromatic hydroxyl groups is 2. The molecule has 0 bridgehead atoms. The molecule has 5 N–H and O–H groups in total. The first-order valence-corrected chi connectivity index (χ1v) is 46.2. The van der Waals surface area contributed by atoms with Crippen molar-refractivity contribution in [2.75, 3.05) is 54.4 Å². The molecule has 10 aliphatic heterocycles. The second kappa shape index (κ2) is 41.1. The van der Waals surface area contributed by atoms with E-state index in [0.717, 1.165) is 12.8 Å². The Hall–Kier alpha value is -11.5. The maximum Gasteiger partial charge on any atom is 0.257 e. The summed E-state index contributed by atoms with van der Waals surface area (Å²) in [6.07, 6.45) is 24.9. The largest absolute Gasteiger partial charge is 0.503 e. The van der Waals surface area contributed by atoms with Crippen LogP contribution in [0.4, 0.5) is 13.2 Å². The standard InChI is InChI=1S/C23H22ClFN2O5.C22H22ClFN2O5.C22H20ClFN2O5.2C15H16BrNO4/c1-23-8-3-4-9-32-16(23)12-27-11-14(19(28)20(31-2)18(27)21(23)29)22(30)26-10-13-6-5-7-15(24)17(13)25;2*1-22-7-2-3-8-31-15(22)11-26-10-13(18(27)19(28)17(26)20(22)29)21(30)25-9-12-5-4-6-14(23)16(12)24;2*1-15-5-3-4-6-21-10(15)8-17-7-9(16)12(18)13(20-2)11(17)14(15)19/h3-7,11,16H,8-10,12H2,1-2H3,(H,26,30);4-6,10,15,28H,2-3,7-9,11H2,1H3,(H,25,30);2-6,10,15,28H,7-9,11H2,1H3,(H,25,30);2*3-4,7,10H,5-6,8H2,1-2H3/t16-,23-;2*15-,22-;10-,15+;10-,15-/m00000/s1. The van der Waals surface area contributed by atoms with Crippen molar-refractivity contribution < 1.29 is 99.6 Å². The van der Waals surface area contributed by atoms with E-state index in [1.165, 1.54) is 96.1 Å². The molecule has 3 amide bonds. The zero-order valence-electron chi connectivity index (χ0n) is 75.0. The van der Waals surface area contributed by atoms with E-state index in [-0.39, 0.29) is 168 Å². The molecule has 0 aliphatic carbocycles. The van der Waals surface area contributed by atoms with Gasteiger partial charge in [0.25, 0.3) is 17.7 Å². The molecular formula is C97H96Br2Cl3F3N8O23. The first kappa shape index (κ1) is 100. The van der Waals surface area contributed by atoms with Crippen LogP contribution < -0.4 is 57.3 Å². The Labute approximate surface area is 807 Å². The summed E-state index contributed by atoms with van der Waals surface area (Å²) >= 11 is 23.7. The van der Waals surface area contributed by atoms with Gasteiger partial charge in [0.1, 0.15) is 62.6 Å². The molecule has 5 aromatic heterocycles.